The lowest BCUT2D eigenvalue weighted by molar-refractivity contribution is -0.113. The molecule has 0 saturated carbocycles. The van der Waals surface area contributed by atoms with Gasteiger partial charge in [0.05, 0.1) is 36.8 Å². The van der Waals surface area contributed by atoms with Gasteiger partial charge >= 0.3 is 5.97 Å². The van der Waals surface area contributed by atoms with E-state index in [1.807, 2.05) is 55.5 Å². The fourth-order valence-corrected chi connectivity index (χ4v) is 3.62. The molecule has 0 saturated heterocycles. The third-order valence-electron chi connectivity index (χ3n) is 5.73. The average molecular weight is 533 g/mol. The Kier molecular flexibility index (Phi) is 11.4. The molecule has 0 heterocycles. The topological polar surface area (TPSA) is 104 Å². The molecule has 3 aromatic rings. The van der Waals surface area contributed by atoms with Gasteiger partial charge in [0.1, 0.15) is 11.5 Å². The van der Waals surface area contributed by atoms with Gasteiger partial charge in [-0.15, -0.1) is 0 Å². The molecule has 0 N–H and O–H groups in total. The van der Waals surface area contributed by atoms with Crippen LogP contribution in [0.25, 0.3) is 0 Å². The van der Waals surface area contributed by atoms with Crippen molar-refractivity contribution in [2.75, 3.05) is 19.8 Å². The van der Waals surface area contributed by atoms with E-state index in [0.29, 0.717) is 19.0 Å². The number of hydrogen-bond acceptors (Lipinski definition) is 8. The highest BCUT2D eigenvalue weighted by Gasteiger charge is 2.17. The number of ketones is 2. The third-order valence-corrected chi connectivity index (χ3v) is 5.73. The van der Waals surface area contributed by atoms with Crippen LogP contribution in [0.15, 0.2) is 77.0 Å². The monoisotopic (exact) mass is 532 g/mol. The van der Waals surface area contributed by atoms with Crippen molar-refractivity contribution in [3.05, 3.63) is 83.4 Å². The van der Waals surface area contributed by atoms with Crippen molar-refractivity contribution in [1.82, 2.24) is 0 Å². The van der Waals surface area contributed by atoms with Gasteiger partial charge in [-0.3, -0.25) is 9.59 Å². The molecule has 0 aliphatic carbocycles. The normalized spacial score (nSPS) is 10.8. The number of Topliss-reactive ketones (excluding diaryl/α,β-unsaturated/α-hetero) is 2. The summed E-state index contributed by atoms with van der Waals surface area (Å²) < 4.78 is 16.6. The molecule has 0 spiro atoms. The van der Waals surface area contributed by atoms with E-state index >= 15 is 0 Å². The fourth-order valence-electron chi connectivity index (χ4n) is 3.62. The molecule has 0 bridgehead atoms. The van der Waals surface area contributed by atoms with Crippen molar-refractivity contribution in [3.63, 3.8) is 0 Å². The van der Waals surface area contributed by atoms with Crippen LogP contribution in [-0.2, 0) is 9.53 Å². The summed E-state index contributed by atoms with van der Waals surface area (Å²) in [6.07, 6.45) is 3.58. The van der Waals surface area contributed by atoms with E-state index in [-0.39, 0.29) is 19.2 Å². The Morgan fingerprint density at radius 2 is 1.26 bits per heavy atom. The number of ether oxygens (including phenoxy) is 3. The highest BCUT2D eigenvalue weighted by Crippen LogP contribution is 2.22. The Bertz CT molecular complexity index is 1290. The van der Waals surface area contributed by atoms with Crippen LogP contribution < -0.4 is 9.47 Å². The number of azo groups is 1. The first kappa shape index (κ1) is 29.2. The molecule has 39 heavy (non-hydrogen) atoms. The summed E-state index contributed by atoms with van der Waals surface area (Å²) in [5, 5.41) is 8.49. The second-order valence-electron chi connectivity index (χ2n) is 8.99. The van der Waals surface area contributed by atoms with Crippen LogP contribution in [-0.4, -0.2) is 37.4 Å². The largest absolute Gasteiger partial charge is 0.494 e. The summed E-state index contributed by atoms with van der Waals surface area (Å²) in [4.78, 5) is 35.8. The van der Waals surface area contributed by atoms with E-state index in [9.17, 15) is 14.4 Å². The number of nitrogens with zero attached hydrogens (tertiary/aromatic N) is 2. The van der Waals surface area contributed by atoms with Gasteiger partial charge in [0.2, 0.25) is 5.78 Å². The highest BCUT2D eigenvalue weighted by atomic mass is 16.5. The smallest absolute Gasteiger partial charge is 0.338 e. The molecule has 0 aromatic heterocycles. The maximum Gasteiger partial charge on any atom is 0.338 e. The first-order valence-electron chi connectivity index (χ1n) is 13.1. The zero-order valence-electron chi connectivity index (χ0n) is 22.6. The molecule has 3 aromatic carbocycles. The summed E-state index contributed by atoms with van der Waals surface area (Å²) in [7, 11) is 0. The summed E-state index contributed by atoms with van der Waals surface area (Å²) in [5.41, 5.74) is 3.04. The number of esters is 1. The van der Waals surface area contributed by atoms with Crippen molar-refractivity contribution < 1.29 is 30.0 Å². The van der Waals surface area contributed by atoms with Crippen LogP contribution in [0.3, 0.4) is 0 Å². The van der Waals surface area contributed by atoms with Gasteiger partial charge < -0.3 is 14.2 Å². The van der Waals surface area contributed by atoms with E-state index in [4.69, 9.17) is 14.2 Å². The van der Waals surface area contributed by atoms with Crippen LogP contribution in [0, 0.1) is 6.92 Å². The van der Waals surface area contributed by atoms with E-state index in [2.05, 4.69) is 10.2 Å². The van der Waals surface area contributed by atoms with Gasteiger partial charge in [-0.2, -0.15) is 10.2 Å². The lowest BCUT2D eigenvalue weighted by atomic mass is 10.0. The number of benzene rings is 3. The molecule has 0 unspecified atom stereocenters. The molecular weight excluding hydrogens is 496 g/mol. The molecule has 0 amide bonds. The Morgan fingerprint density at radius 3 is 1.82 bits per heavy atom. The Balaban J connectivity index is 0.00000560. The summed E-state index contributed by atoms with van der Waals surface area (Å²) >= 11 is 0. The minimum absolute atomic E-state index is 0. The Hall–Kier alpha value is -4.33. The second-order valence-corrected chi connectivity index (χ2v) is 8.99. The second kappa shape index (κ2) is 15.2. The fraction of sp³-hybridized carbons (Fsp3) is 0.323. The van der Waals surface area contributed by atoms with Crippen molar-refractivity contribution in [1.29, 1.82) is 0 Å². The van der Waals surface area contributed by atoms with Crippen LogP contribution in [0.1, 0.15) is 67.2 Å². The predicted molar refractivity (Wildman–Crippen MR) is 151 cm³/mol. The molecule has 206 valence electrons. The minimum Gasteiger partial charge on any atom is -0.494 e. The lowest BCUT2D eigenvalue weighted by Gasteiger charge is -2.10. The van der Waals surface area contributed by atoms with Crippen LogP contribution >= 0.6 is 0 Å². The SMILES string of the molecule is CCOC(=O)c1cc(OCCCCCCOc2ccc(N=Nc3ccc(C)cc3)cc2)cc(C(=O)C(C)=O)c1.[HH]. The number of aryl methyl sites for hydroxylation is 1. The maximum atomic E-state index is 12.1. The van der Waals surface area contributed by atoms with E-state index in [1.54, 1.807) is 6.92 Å². The first-order valence-corrected chi connectivity index (χ1v) is 13.1. The van der Waals surface area contributed by atoms with E-state index in [1.165, 1.54) is 30.7 Å². The van der Waals surface area contributed by atoms with Gasteiger partial charge in [0.25, 0.3) is 0 Å². The zero-order valence-corrected chi connectivity index (χ0v) is 22.6. The van der Waals surface area contributed by atoms with Gasteiger partial charge in [-0.25, -0.2) is 4.79 Å². The molecular formula is C31H36N2O6. The molecule has 8 heteroatoms. The quantitative estimate of drug-likeness (QED) is 0.0655. The highest BCUT2D eigenvalue weighted by molar-refractivity contribution is 6.43. The molecule has 0 radical (unpaired) electrons. The third kappa shape index (κ3) is 9.81. The van der Waals surface area contributed by atoms with E-state index in [0.717, 1.165) is 42.8 Å². The van der Waals surface area contributed by atoms with Crippen molar-refractivity contribution >= 4 is 28.9 Å². The minimum atomic E-state index is -0.674. The molecule has 0 aliphatic heterocycles. The number of carbonyl (C=O) groups is 3. The van der Waals surface area contributed by atoms with Crippen molar-refractivity contribution in [3.8, 4) is 11.5 Å². The number of rotatable bonds is 15. The zero-order chi connectivity index (χ0) is 28.0. The lowest BCUT2D eigenvalue weighted by Crippen LogP contribution is -2.13. The summed E-state index contributed by atoms with van der Waals surface area (Å²) in [6, 6.07) is 19.7. The van der Waals surface area contributed by atoms with Crippen molar-refractivity contribution in [2.45, 2.75) is 46.5 Å². The molecule has 0 aliphatic rings. The Labute approximate surface area is 230 Å². The van der Waals surface area contributed by atoms with Crippen LogP contribution in [0.4, 0.5) is 11.4 Å². The standard InChI is InChI=1S/C31H34N2O6.H2/c1-4-37-31(36)25-19-24(30(35)23(3)34)20-29(21-25)39-18-8-6-5-7-17-38-28-15-13-27(14-16-28)33-32-26-11-9-22(2)10-12-26;/h9-16,19-21H,4-8,17-18H2,1-3H3;1H. The van der Waals surface area contributed by atoms with Gasteiger partial charge in [0.15, 0.2) is 5.78 Å². The maximum absolute atomic E-state index is 12.1. The van der Waals surface area contributed by atoms with Gasteiger partial charge in [-0.1, -0.05) is 17.7 Å². The average Bonchev–Trinajstić information content (AvgIpc) is 2.94. The van der Waals surface area contributed by atoms with Gasteiger partial charge in [0, 0.05) is 13.9 Å². The molecule has 0 fully saturated rings. The number of carbonyl (C=O) groups excluding carboxylic acids is 3. The van der Waals surface area contributed by atoms with Crippen molar-refractivity contribution in [2.24, 2.45) is 10.2 Å². The molecule has 8 nitrogen and oxygen atoms in total. The number of hydrogen-bond donors (Lipinski definition) is 0. The molecule has 3 rings (SSSR count). The Morgan fingerprint density at radius 1 is 0.718 bits per heavy atom. The first-order chi connectivity index (χ1) is 18.9. The van der Waals surface area contributed by atoms with Crippen LogP contribution in [0.2, 0.25) is 0 Å². The number of unbranched alkanes of at least 4 members (excludes halogenated alkanes) is 3. The van der Waals surface area contributed by atoms with E-state index < -0.39 is 17.5 Å². The summed E-state index contributed by atoms with van der Waals surface area (Å²) in [5.74, 6) is -0.710. The molecule has 0 atom stereocenters. The summed E-state index contributed by atoms with van der Waals surface area (Å²) in [6.45, 7) is 6.14. The predicted octanol–water partition coefficient (Wildman–Crippen LogP) is 7.62. The van der Waals surface area contributed by atoms with Gasteiger partial charge in [-0.05, 0) is 94.1 Å². The van der Waals surface area contributed by atoms with Crippen LogP contribution in [0.5, 0.6) is 11.5 Å².